The number of nitrogens with one attached hydrogen (secondary N) is 3. The van der Waals surface area contributed by atoms with Crippen molar-refractivity contribution >= 4 is 40.2 Å². The molecule has 1 atom stereocenters. The highest BCUT2D eigenvalue weighted by Gasteiger charge is 2.17. The molecule has 190 valence electrons. The SMILES string of the molecule is CCn1c(=O)c(-c2ccc(C(=O)NN)cc2Cl)cc2cnc(Nc3ccc(C4CNCCO4)cc3)nc21. The van der Waals surface area contributed by atoms with Crippen LogP contribution < -0.4 is 27.5 Å². The Kier molecular flexibility index (Phi) is 7.15. The maximum Gasteiger partial charge on any atom is 0.265 e. The zero-order valence-corrected chi connectivity index (χ0v) is 20.9. The highest BCUT2D eigenvalue weighted by Crippen LogP contribution is 2.29. The molecule has 10 nitrogen and oxygen atoms in total. The topological polar surface area (TPSA) is 136 Å². The Hall–Kier alpha value is -3.83. The minimum atomic E-state index is -0.472. The number of morpholine rings is 1. The number of carbonyl (C=O) groups excluding carboxylic acids is 1. The summed E-state index contributed by atoms with van der Waals surface area (Å²) < 4.78 is 7.38. The molecule has 1 saturated heterocycles. The number of pyridine rings is 1. The second kappa shape index (κ2) is 10.7. The molecule has 5 N–H and O–H groups in total. The van der Waals surface area contributed by atoms with Crippen molar-refractivity contribution in [2.45, 2.75) is 19.6 Å². The number of anilines is 2. The number of carbonyl (C=O) groups is 1. The van der Waals surface area contributed by atoms with Crippen LogP contribution in [0.15, 0.2) is 59.5 Å². The molecule has 0 aliphatic carbocycles. The molecule has 1 aliphatic heterocycles. The summed E-state index contributed by atoms with van der Waals surface area (Å²) in [4.78, 5) is 34.3. The molecular formula is C26H26ClN7O3. The lowest BCUT2D eigenvalue weighted by Gasteiger charge is -2.24. The molecule has 2 aromatic heterocycles. The lowest BCUT2D eigenvalue weighted by atomic mass is 10.0. The van der Waals surface area contributed by atoms with E-state index in [9.17, 15) is 9.59 Å². The normalized spacial score (nSPS) is 15.5. The van der Waals surface area contributed by atoms with Crippen LogP contribution in [-0.2, 0) is 11.3 Å². The van der Waals surface area contributed by atoms with Crippen LogP contribution in [0.4, 0.5) is 11.6 Å². The molecule has 0 spiro atoms. The number of rotatable bonds is 6. The van der Waals surface area contributed by atoms with Gasteiger partial charge in [-0.3, -0.25) is 19.6 Å². The third kappa shape index (κ3) is 5.05. The van der Waals surface area contributed by atoms with Crippen molar-refractivity contribution in [3.63, 3.8) is 0 Å². The van der Waals surface area contributed by atoms with Crippen LogP contribution in [0.2, 0.25) is 5.02 Å². The quantitative estimate of drug-likeness (QED) is 0.173. The van der Waals surface area contributed by atoms with Gasteiger partial charge in [-0.1, -0.05) is 29.8 Å². The zero-order valence-electron chi connectivity index (χ0n) is 20.1. The Morgan fingerprint density at radius 2 is 2.03 bits per heavy atom. The van der Waals surface area contributed by atoms with Crippen LogP contribution in [0.1, 0.15) is 28.9 Å². The molecule has 4 aromatic rings. The number of hydrogen-bond acceptors (Lipinski definition) is 8. The number of hydrazine groups is 1. The predicted molar refractivity (Wildman–Crippen MR) is 143 cm³/mol. The van der Waals surface area contributed by atoms with Gasteiger partial charge < -0.3 is 15.4 Å². The first kappa shape index (κ1) is 24.8. The molecule has 1 aliphatic rings. The van der Waals surface area contributed by atoms with Crippen molar-refractivity contribution in [3.8, 4) is 11.1 Å². The number of nitrogen functional groups attached to an aromatic ring is 1. The molecule has 11 heteroatoms. The number of aromatic nitrogens is 3. The van der Waals surface area contributed by atoms with E-state index in [0.717, 1.165) is 24.3 Å². The van der Waals surface area contributed by atoms with E-state index in [-0.39, 0.29) is 16.7 Å². The minimum absolute atomic E-state index is 0.0374. The maximum atomic E-state index is 13.4. The number of nitrogens with two attached hydrogens (primary N) is 1. The third-order valence-electron chi connectivity index (χ3n) is 6.26. The molecule has 0 saturated carbocycles. The highest BCUT2D eigenvalue weighted by atomic mass is 35.5. The number of benzene rings is 2. The van der Waals surface area contributed by atoms with E-state index in [1.54, 1.807) is 29.0 Å². The first-order chi connectivity index (χ1) is 18.0. The number of fused-ring (bicyclic) bond motifs is 1. The van der Waals surface area contributed by atoms with Crippen LogP contribution >= 0.6 is 11.6 Å². The van der Waals surface area contributed by atoms with Crippen molar-refractivity contribution in [2.24, 2.45) is 5.84 Å². The summed E-state index contributed by atoms with van der Waals surface area (Å²) in [6.07, 6.45) is 1.70. The van der Waals surface area contributed by atoms with E-state index in [1.807, 2.05) is 31.2 Å². The molecular weight excluding hydrogens is 494 g/mol. The van der Waals surface area contributed by atoms with Gasteiger partial charge in [0.1, 0.15) is 5.65 Å². The summed E-state index contributed by atoms with van der Waals surface area (Å²) in [5.41, 5.74) is 5.43. The van der Waals surface area contributed by atoms with Gasteiger partial charge in [-0.15, -0.1) is 0 Å². The first-order valence-corrected chi connectivity index (χ1v) is 12.3. The summed E-state index contributed by atoms with van der Waals surface area (Å²) in [6, 6.07) is 14.3. The second-order valence-corrected chi connectivity index (χ2v) is 8.97. The molecule has 3 heterocycles. The fraction of sp³-hybridized carbons (Fsp3) is 0.231. The monoisotopic (exact) mass is 519 g/mol. The molecule has 1 unspecified atom stereocenters. The van der Waals surface area contributed by atoms with E-state index in [4.69, 9.17) is 22.2 Å². The van der Waals surface area contributed by atoms with Crippen molar-refractivity contribution in [3.05, 3.63) is 81.2 Å². The van der Waals surface area contributed by atoms with Crippen molar-refractivity contribution < 1.29 is 9.53 Å². The fourth-order valence-corrected chi connectivity index (χ4v) is 4.64. The van der Waals surface area contributed by atoms with Crippen molar-refractivity contribution in [1.29, 1.82) is 0 Å². The van der Waals surface area contributed by atoms with Gasteiger partial charge in [0.05, 0.1) is 12.7 Å². The molecule has 0 bridgehead atoms. The number of hydrogen-bond donors (Lipinski definition) is 4. The summed E-state index contributed by atoms with van der Waals surface area (Å²) in [5, 5.41) is 7.48. The summed E-state index contributed by atoms with van der Waals surface area (Å²) in [5.74, 6) is 5.11. The lowest BCUT2D eigenvalue weighted by molar-refractivity contribution is 0.0277. The number of aryl methyl sites for hydroxylation is 1. The first-order valence-electron chi connectivity index (χ1n) is 11.9. The number of halogens is 1. The van der Waals surface area contributed by atoms with Gasteiger partial charge in [-0.25, -0.2) is 10.8 Å². The number of nitrogens with zero attached hydrogens (tertiary/aromatic N) is 3. The van der Waals surface area contributed by atoms with Crippen molar-refractivity contribution in [1.82, 2.24) is 25.3 Å². The van der Waals surface area contributed by atoms with Gasteiger partial charge in [0, 0.05) is 58.6 Å². The molecule has 5 rings (SSSR count). The Labute approximate surface area is 217 Å². The molecule has 1 fully saturated rings. The smallest absolute Gasteiger partial charge is 0.265 e. The van der Waals surface area contributed by atoms with Gasteiger partial charge in [-0.2, -0.15) is 4.98 Å². The lowest BCUT2D eigenvalue weighted by Crippen LogP contribution is -2.33. The average molecular weight is 520 g/mol. The van der Waals surface area contributed by atoms with E-state index in [0.29, 0.717) is 46.8 Å². The second-order valence-electron chi connectivity index (χ2n) is 8.56. The third-order valence-corrected chi connectivity index (χ3v) is 6.57. The Morgan fingerprint density at radius 3 is 2.70 bits per heavy atom. The van der Waals surface area contributed by atoms with Gasteiger partial charge in [0.15, 0.2) is 0 Å². The standard InChI is InChI=1S/C26H26ClN7O3/c1-2-34-23-17(11-20(25(34)36)19-8-5-16(12-21(19)27)24(35)33-28)13-30-26(32-23)31-18-6-3-15(4-7-18)22-14-29-9-10-37-22/h3-8,11-13,22,29H,2,9-10,14,28H2,1H3,(H,33,35)(H,30,31,32). The molecule has 1 amide bonds. The van der Waals surface area contributed by atoms with E-state index < -0.39 is 5.91 Å². The van der Waals surface area contributed by atoms with Crippen LogP contribution in [-0.4, -0.2) is 40.1 Å². The Bertz CT molecular complexity index is 1520. The number of ether oxygens (including phenoxy) is 1. The Morgan fingerprint density at radius 1 is 1.22 bits per heavy atom. The van der Waals surface area contributed by atoms with E-state index in [2.05, 4.69) is 26.0 Å². The van der Waals surface area contributed by atoms with Crippen LogP contribution in [0.25, 0.3) is 22.2 Å². The molecule has 37 heavy (non-hydrogen) atoms. The van der Waals surface area contributed by atoms with Gasteiger partial charge in [0.25, 0.3) is 11.5 Å². The van der Waals surface area contributed by atoms with Crippen molar-refractivity contribution in [2.75, 3.05) is 25.0 Å². The molecule has 0 radical (unpaired) electrons. The largest absolute Gasteiger partial charge is 0.371 e. The van der Waals surface area contributed by atoms with Gasteiger partial charge >= 0.3 is 0 Å². The van der Waals surface area contributed by atoms with E-state index >= 15 is 0 Å². The van der Waals surface area contributed by atoms with Gasteiger partial charge in [0.2, 0.25) is 5.95 Å². The highest BCUT2D eigenvalue weighted by molar-refractivity contribution is 6.33. The minimum Gasteiger partial charge on any atom is -0.371 e. The predicted octanol–water partition coefficient (Wildman–Crippen LogP) is 3.14. The summed E-state index contributed by atoms with van der Waals surface area (Å²) >= 11 is 6.44. The van der Waals surface area contributed by atoms with E-state index in [1.165, 1.54) is 6.07 Å². The maximum absolute atomic E-state index is 13.4. The Balaban J connectivity index is 1.45. The molecule has 2 aromatic carbocycles. The van der Waals surface area contributed by atoms with Crippen LogP contribution in [0, 0.1) is 0 Å². The average Bonchev–Trinajstić information content (AvgIpc) is 2.93. The summed E-state index contributed by atoms with van der Waals surface area (Å²) in [7, 11) is 0. The van der Waals surface area contributed by atoms with Gasteiger partial charge in [-0.05, 0) is 42.8 Å². The number of amides is 1. The van der Waals surface area contributed by atoms with Crippen LogP contribution in [0.5, 0.6) is 0 Å². The summed E-state index contributed by atoms with van der Waals surface area (Å²) in [6.45, 7) is 4.62. The fourth-order valence-electron chi connectivity index (χ4n) is 4.35. The zero-order chi connectivity index (χ0) is 25.9. The van der Waals surface area contributed by atoms with Crippen LogP contribution in [0.3, 0.4) is 0 Å².